The summed E-state index contributed by atoms with van der Waals surface area (Å²) in [5.74, 6) is -30.4. The standard InChI is InChI=1S/C18F12/c19-7-1-2(9(21)5-3(7)11(23)15(27)17(29)13(5)25)10(22)6-4(8(1)20)12(24)16(28)18(30)14(6)26. The molecule has 12 heteroatoms. The smallest absolute Gasteiger partial charge is 0.198 e. The third-order valence-corrected chi connectivity index (χ3v) is 4.54. The Morgan fingerprint density at radius 3 is 0.467 bits per heavy atom. The molecule has 0 aliphatic heterocycles. The SMILES string of the molecule is Fc1c(F)c(F)c2c(F)c3c(F)c4c(F)c(F)c(F)c(F)c4c(F)c3c(F)c2c1F. The van der Waals surface area contributed by atoms with Crippen LogP contribution < -0.4 is 0 Å². The summed E-state index contributed by atoms with van der Waals surface area (Å²) in [4.78, 5) is 0. The van der Waals surface area contributed by atoms with Crippen molar-refractivity contribution in [2.45, 2.75) is 0 Å². The Hall–Kier alpha value is -3.18. The Morgan fingerprint density at radius 1 is 0.167 bits per heavy atom. The molecule has 0 saturated carbocycles. The summed E-state index contributed by atoms with van der Waals surface area (Å²) < 4.78 is 168. The van der Waals surface area contributed by atoms with Gasteiger partial charge in [-0.05, 0) is 0 Å². The van der Waals surface area contributed by atoms with Crippen LogP contribution in [-0.4, -0.2) is 0 Å². The van der Waals surface area contributed by atoms with Crippen molar-refractivity contribution in [3.8, 4) is 0 Å². The van der Waals surface area contributed by atoms with E-state index in [4.69, 9.17) is 0 Å². The second kappa shape index (κ2) is 6.16. The van der Waals surface area contributed by atoms with E-state index in [2.05, 4.69) is 0 Å². The average Bonchev–Trinajstić information content (AvgIpc) is 2.70. The molecular weight excluding hydrogens is 444 g/mol. The fraction of sp³-hybridized carbons (Fsp3) is 0. The molecule has 0 atom stereocenters. The quantitative estimate of drug-likeness (QED) is 0.121. The number of hydrogen-bond donors (Lipinski definition) is 0. The molecule has 4 aromatic rings. The van der Waals surface area contributed by atoms with Crippen LogP contribution in [0, 0.1) is 69.8 Å². The second-order valence-corrected chi connectivity index (χ2v) is 6.02. The zero-order valence-electron chi connectivity index (χ0n) is 13.5. The summed E-state index contributed by atoms with van der Waals surface area (Å²) >= 11 is 0. The molecule has 0 nitrogen and oxygen atoms in total. The van der Waals surface area contributed by atoms with Gasteiger partial charge in [0.15, 0.2) is 46.5 Å². The molecule has 0 aliphatic carbocycles. The number of halogens is 12. The van der Waals surface area contributed by atoms with Crippen molar-refractivity contribution in [1.82, 2.24) is 0 Å². The molecule has 4 aromatic carbocycles. The number of hydrogen-bond acceptors (Lipinski definition) is 0. The zero-order valence-corrected chi connectivity index (χ0v) is 13.5. The molecule has 0 unspecified atom stereocenters. The van der Waals surface area contributed by atoms with Gasteiger partial charge < -0.3 is 0 Å². The highest BCUT2D eigenvalue weighted by Crippen LogP contribution is 2.42. The Kier molecular flexibility index (Phi) is 4.13. The normalized spacial score (nSPS) is 12.0. The first-order valence-electron chi connectivity index (χ1n) is 7.52. The summed E-state index contributed by atoms with van der Waals surface area (Å²) in [6, 6.07) is 0. The van der Waals surface area contributed by atoms with Crippen molar-refractivity contribution in [3.63, 3.8) is 0 Å². The first kappa shape index (κ1) is 20.1. The van der Waals surface area contributed by atoms with E-state index in [0.717, 1.165) is 0 Å². The van der Waals surface area contributed by atoms with Gasteiger partial charge in [-0.1, -0.05) is 0 Å². The van der Waals surface area contributed by atoms with E-state index in [-0.39, 0.29) is 0 Å². The molecule has 0 spiro atoms. The minimum Gasteiger partial charge on any atom is -0.205 e. The van der Waals surface area contributed by atoms with E-state index >= 15 is 0 Å². The summed E-state index contributed by atoms with van der Waals surface area (Å²) in [6.07, 6.45) is 0. The van der Waals surface area contributed by atoms with E-state index in [9.17, 15) is 52.7 Å². The topological polar surface area (TPSA) is 0 Å². The van der Waals surface area contributed by atoms with E-state index in [0.29, 0.717) is 0 Å². The van der Waals surface area contributed by atoms with Gasteiger partial charge in [0.25, 0.3) is 0 Å². The minimum atomic E-state index is -2.63. The monoisotopic (exact) mass is 444 g/mol. The van der Waals surface area contributed by atoms with Crippen molar-refractivity contribution >= 4 is 32.3 Å². The Morgan fingerprint density at radius 2 is 0.300 bits per heavy atom. The number of rotatable bonds is 0. The van der Waals surface area contributed by atoms with Crippen LogP contribution in [0.25, 0.3) is 32.3 Å². The molecule has 0 radical (unpaired) electrons. The Labute approximate surface area is 155 Å². The summed E-state index contributed by atoms with van der Waals surface area (Å²) in [6.45, 7) is 0. The molecule has 0 aliphatic rings. The number of fused-ring (bicyclic) bond motifs is 3. The zero-order chi connectivity index (χ0) is 22.4. The van der Waals surface area contributed by atoms with Crippen molar-refractivity contribution in [3.05, 3.63) is 69.8 Å². The maximum Gasteiger partial charge on any atom is 0.198 e. The molecule has 0 amide bonds. The van der Waals surface area contributed by atoms with Crippen molar-refractivity contribution in [2.75, 3.05) is 0 Å². The van der Waals surface area contributed by atoms with E-state index in [1.165, 1.54) is 0 Å². The van der Waals surface area contributed by atoms with Gasteiger partial charge in [-0.25, -0.2) is 52.7 Å². The van der Waals surface area contributed by atoms with Gasteiger partial charge in [0.1, 0.15) is 23.3 Å². The molecule has 0 aromatic heterocycles. The van der Waals surface area contributed by atoms with Gasteiger partial charge in [0, 0.05) is 0 Å². The van der Waals surface area contributed by atoms with Crippen LogP contribution in [0.1, 0.15) is 0 Å². The van der Waals surface area contributed by atoms with Gasteiger partial charge in [-0.15, -0.1) is 0 Å². The largest absolute Gasteiger partial charge is 0.205 e. The van der Waals surface area contributed by atoms with Crippen LogP contribution in [0.3, 0.4) is 0 Å². The second-order valence-electron chi connectivity index (χ2n) is 6.02. The number of benzene rings is 4. The Bertz CT molecular complexity index is 1240. The molecular formula is C18F12. The summed E-state index contributed by atoms with van der Waals surface area (Å²) in [7, 11) is 0. The van der Waals surface area contributed by atoms with Gasteiger partial charge in [-0.3, -0.25) is 0 Å². The fourth-order valence-corrected chi connectivity index (χ4v) is 3.22. The third kappa shape index (κ3) is 2.16. The molecule has 30 heavy (non-hydrogen) atoms. The summed E-state index contributed by atoms with van der Waals surface area (Å²) in [5, 5.41) is -12.1. The lowest BCUT2D eigenvalue weighted by Crippen LogP contribution is -2.07. The highest BCUT2D eigenvalue weighted by atomic mass is 19.2. The molecule has 0 saturated heterocycles. The van der Waals surface area contributed by atoms with Crippen LogP contribution in [0.15, 0.2) is 0 Å². The first-order chi connectivity index (χ1) is 13.9. The third-order valence-electron chi connectivity index (χ3n) is 4.54. The molecule has 0 N–H and O–H groups in total. The maximum absolute atomic E-state index is 14.7. The van der Waals surface area contributed by atoms with Crippen LogP contribution in [0.4, 0.5) is 52.7 Å². The summed E-state index contributed by atoms with van der Waals surface area (Å²) in [5.41, 5.74) is 0. The molecule has 156 valence electrons. The first-order valence-corrected chi connectivity index (χ1v) is 7.52. The molecule has 0 fully saturated rings. The van der Waals surface area contributed by atoms with Gasteiger partial charge in [-0.2, -0.15) is 0 Å². The fourth-order valence-electron chi connectivity index (χ4n) is 3.22. The lowest BCUT2D eigenvalue weighted by Gasteiger charge is -2.15. The molecule has 0 bridgehead atoms. The van der Waals surface area contributed by atoms with Crippen molar-refractivity contribution in [2.24, 2.45) is 0 Å². The average molecular weight is 444 g/mol. The van der Waals surface area contributed by atoms with E-state index in [1.807, 2.05) is 0 Å². The highest BCUT2D eigenvalue weighted by Gasteiger charge is 2.34. The van der Waals surface area contributed by atoms with Gasteiger partial charge >= 0.3 is 0 Å². The van der Waals surface area contributed by atoms with Gasteiger partial charge in [0.05, 0.1) is 32.3 Å². The van der Waals surface area contributed by atoms with Gasteiger partial charge in [0.2, 0.25) is 0 Å². The van der Waals surface area contributed by atoms with Crippen LogP contribution in [0.2, 0.25) is 0 Å². The Balaban J connectivity index is 2.49. The predicted molar refractivity (Wildman–Crippen MR) is 78.5 cm³/mol. The highest BCUT2D eigenvalue weighted by molar-refractivity contribution is 6.07. The van der Waals surface area contributed by atoms with Crippen LogP contribution in [-0.2, 0) is 0 Å². The molecule has 0 heterocycles. The maximum atomic E-state index is 14.7. The lowest BCUT2D eigenvalue weighted by molar-refractivity contribution is 0.413. The van der Waals surface area contributed by atoms with E-state index < -0.39 is 102 Å². The predicted octanol–water partition coefficient (Wildman–Crippen LogP) is 6.82. The lowest BCUT2D eigenvalue weighted by atomic mass is 9.95. The van der Waals surface area contributed by atoms with E-state index in [1.54, 1.807) is 0 Å². The van der Waals surface area contributed by atoms with Crippen LogP contribution in [0.5, 0.6) is 0 Å². The minimum absolute atomic E-state index is 2.00. The van der Waals surface area contributed by atoms with Crippen molar-refractivity contribution < 1.29 is 52.7 Å². The van der Waals surface area contributed by atoms with Crippen LogP contribution >= 0.6 is 0 Å². The molecule has 4 rings (SSSR count). The van der Waals surface area contributed by atoms with Crippen molar-refractivity contribution in [1.29, 1.82) is 0 Å².